The van der Waals surface area contributed by atoms with Crippen LogP contribution in [0.2, 0.25) is 0 Å². The van der Waals surface area contributed by atoms with Crippen LogP contribution >= 0.6 is 0 Å². The molecule has 1 fully saturated rings. The number of aliphatic hydroxyl groups excluding tert-OH is 1. The zero-order valence-electron chi connectivity index (χ0n) is 12.1. The van der Waals surface area contributed by atoms with Gasteiger partial charge in [-0.3, -0.25) is 0 Å². The van der Waals surface area contributed by atoms with Crippen LogP contribution in [0.3, 0.4) is 0 Å². The molecule has 2 unspecified atom stereocenters. The number of hydrogen-bond donors (Lipinski definition) is 2. The molecule has 1 rings (SSSR count). The highest BCUT2D eigenvalue weighted by Gasteiger charge is 2.23. The second-order valence-corrected chi connectivity index (χ2v) is 6.70. The summed E-state index contributed by atoms with van der Waals surface area (Å²) in [4.78, 5) is 0. The standard InChI is InChI=1S/C15H31NO/c1-11(2)7-14(8-12(3)4)16-10-13-5-6-15(17)9-13/h11-17H,5-10H2,1-4H3. The van der Waals surface area contributed by atoms with Gasteiger partial charge in [0.15, 0.2) is 0 Å². The molecule has 2 heteroatoms. The normalized spacial score (nSPS) is 25.4. The predicted octanol–water partition coefficient (Wildman–Crippen LogP) is 3.20. The molecule has 0 aliphatic heterocycles. The van der Waals surface area contributed by atoms with Crippen LogP contribution in [0.4, 0.5) is 0 Å². The predicted molar refractivity (Wildman–Crippen MR) is 74.0 cm³/mol. The fourth-order valence-corrected chi connectivity index (χ4v) is 2.97. The molecule has 0 amide bonds. The molecular weight excluding hydrogens is 210 g/mol. The monoisotopic (exact) mass is 241 g/mol. The number of hydrogen-bond acceptors (Lipinski definition) is 2. The van der Waals surface area contributed by atoms with E-state index in [0.717, 1.165) is 31.2 Å². The van der Waals surface area contributed by atoms with Crippen molar-refractivity contribution in [1.82, 2.24) is 5.32 Å². The van der Waals surface area contributed by atoms with E-state index < -0.39 is 0 Å². The van der Waals surface area contributed by atoms with Crippen LogP contribution in [0, 0.1) is 17.8 Å². The Bertz CT molecular complexity index is 193. The Morgan fingerprint density at radius 1 is 1.06 bits per heavy atom. The molecule has 1 saturated carbocycles. The van der Waals surface area contributed by atoms with Crippen LogP contribution in [0.25, 0.3) is 0 Å². The Hall–Kier alpha value is -0.0800. The topological polar surface area (TPSA) is 32.3 Å². The molecule has 0 aromatic carbocycles. The Kier molecular flexibility index (Phi) is 6.50. The molecule has 2 atom stereocenters. The van der Waals surface area contributed by atoms with E-state index in [1.807, 2.05) is 0 Å². The Labute approximate surface area is 107 Å². The van der Waals surface area contributed by atoms with Gasteiger partial charge in [-0.25, -0.2) is 0 Å². The first-order valence-electron chi connectivity index (χ1n) is 7.38. The summed E-state index contributed by atoms with van der Waals surface area (Å²) in [6.07, 6.45) is 5.72. The van der Waals surface area contributed by atoms with Gasteiger partial charge in [-0.1, -0.05) is 27.7 Å². The van der Waals surface area contributed by atoms with E-state index in [-0.39, 0.29) is 6.10 Å². The largest absolute Gasteiger partial charge is 0.393 e. The minimum atomic E-state index is -0.0320. The molecule has 2 nitrogen and oxygen atoms in total. The third-order valence-electron chi connectivity index (χ3n) is 3.72. The molecule has 0 aromatic rings. The summed E-state index contributed by atoms with van der Waals surface area (Å²) in [5.41, 5.74) is 0. The van der Waals surface area contributed by atoms with Crippen LogP contribution in [0.15, 0.2) is 0 Å². The summed E-state index contributed by atoms with van der Waals surface area (Å²) < 4.78 is 0. The summed E-state index contributed by atoms with van der Waals surface area (Å²) in [6.45, 7) is 10.3. The third kappa shape index (κ3) is 6.42. The van der Waals surface area contributed by atoms with Crippen molar-refractivity contribution < 1.29 is 5.11 Å². The first-order valence-corrected chi connectivity index (χ1v) is 7.38. The highest BCUT2D eigenvalue weighted by molar-refractivity contribution is 4.79. The van der Waals surface area contributed by atoms with Gasteiger partial charge in [0, 0.05) is 6.04 Å². The maximum absolute atomic E-state index is 9.53. The van der Waals surface area contributed by atoms with E-state index in [9.17, 15) is 5.11 Å². The van der Waals surface area contributed by atoms with E-state index in [2.05, 4.69) is 33.0 Å². The van der Waals surface area contributed by atoms with E-state index in [4.69, 9.17) is 0 Å². The molecule has 1 aliphatic carbocycles. The van der Waals surface area contributed by atoms with Gasteiger partial charge >= 0.3 is 0 Å². The van der Waals surface area contributed by atoms with Crippen molar-refractivity contribution >= 4 is 0 Å². The maximum atomic E-state index is 9.53. The highest BCUT2D eigenvalue weighted by Crippen LogP contribution is 2.25. The van der Waals surface area contributed by atoms with Crippen molar-refractivity contribution in [3.63, 3.8) is 0 Å². The molecule has 0 bridgehead atoms. The van der Waals surface area contributed by atoms with Crippen molar-refractivity contribution in [2.45, 2.75) is 71.9 Å². The summed E-state index contributed by atoms with van der Waals surface area (Å²) in [5.74, 6) is 2.23. The lowest BCUT2D eigenvalue weighted by molar-refractivity contribution is 0.176. The van der Waals surface area contributed by atoms with E-state index in [1.165, 1.54) is 19.3 Å². The Balaban J connectivity index is 2.27. The summed E-state index contributed by atoms with van der Waals surface area (Å²) in [7, 11) is 0. The van der Waals surface area contributed by atoms with Gasteiger partial charge in [0.1, 0.15) is 0 Å². The molecule has 2 N–H and O–H groups in total. The summed E-state index contributed by atoms with van der Waals surface area (Å²) in [5, 5.41) is 13.3. The van der Waals surface area contributed by atoms with Gasteiger partial charge in [-0.2, -0.15) is 0 Å². The second kappa shape index (κ2) is 7.38. The van der Waals surface area contributed by atoms with Gasteiger partial charge in [-0.15, -0.1) is 0 Å². The molecule has 102 valence electrons. The number of aliphatic hydroxyl groups is 1. The summed E-state index contributed by atoms with van der Waals surface area (Å²) >= 11 is 0. The minimum absolute atomic E-state index is 0.0320. The number of nitrogens with one attached hydrogen (secondary N) is 1. The molecule has 0 saturated heterocycles. The van der Waals surface area contributed by atoms with Gasteiger partial charge in [0.05, 0.1) is 6.10 Å². The van der Waals surface area contributed by atoms with Gasteiger partial charge in [0.25, 0.3) is 0 Å². The lowest BCUT2D eigenvalue weighted by Gasteiger charge is -2.24. The molecule has 17 heavy (non-hydrogen) atoms. The molecule has 1 aliphatic rings. The quantitative estimate of drug-likeness (QED) is 0.717. The zero-order valence-corrected chi connectivity index (χ0v) is 12.1. The molecule has 0 spiro atoms. The van der Waals surface area contributed by atoms with Crippen LogP contribution in [0.1, 0.15) is 59.8 Å². The number of rotatable bonds is 7. The fourth-order valence-electron chi connectivity index (χ4n) is 2.97. The lowest BCUT2D eigenvalue weighted by atomic mass is 9.95. The van der Waals surface area contributed by atoms with Crippen LogP contribution in [-0.4, -0.2) is 23.8 Å². The molecular formula is C15H31NO. The van der Waals surface area contributed by atoms with E-state index in [0.29, 0.717) is 12.0 Å². The minimum Gasteiger partial charge on any atom is -0.393 e. The fraction of sp³-hybridized carbons (Fsp3) is 1.00. The third-order valence-corrected chi connectivity index (χ3v) is 3.72. The van der Waals surface area contributed by atoms with Gasteiger partial charge < -0.3 is 10.4 Å². The Morgan fingerprint density at radius 2 is 1.65 bits per heavy atom. The van der Waals surface area contributed by atoms with Crippen LogP contribution in [-0.2, 0) is 0 Å². The Morgan fingerprint density at radius 3 is 2.06 bits per heavy atom. The molecule has 0 aromatic heterocycles. The lowest BCUT2D eigenvalue weighted by Crippen LogP contribution is -2.35. The van der Waals surface area contributed by atoms with Crippen molar-refractivity contribution in [3.05, 3.63) is 0 Å². The average Bonchev–Trinajstić information content (AvgIpc) is 2.59. The average molecular weight is 241 g/mol. The van der Waals surface area contributed by atoms with Crippen molar-refractivity contribution in [3.8, 4) is 0 Å². The smallest absolute Gasteiger partial charge is 0.0543 e. The maximum Gasteiger partial charge on any atom is 0.0543 e. The summed E-state index contributed by atoms with van der Waals surface area (Å²) in [6, 6.07) is 0.660. The zero-order chi connectivity index (χ0) is 12.8. The van der Waals surface area contributed by atoms with Crippen LogP contribution < -0.4 is 5.32 Å². The SMILES string of the molecule is CC(C)CC(CC(C)C)NCC1CCC(O)C1. The van der Waals surface area contributed by atoms with Crippen molar-refractivity contribution in [2.24, 2.45) is 17.8 Å². The van der Waals surface area contributed by atoms with E-state index >= 15 is 0 Å². The first kappa shape index (κ1) is 15.0. The molecule has 0 radical (unpaired) electrons. The van der Waals surface area contributed by atoms with Gasteiger partial charge in [-0.05, 0) is 56.4 Å². The second-order valence-electron chi connectivity index (χ2n) is 6.70. The van der Waals surface area contributed by atoms with Crippen molar-refractivity contribution in [1.29, 1.82) is 0 Å². The van der Waals surface area contributed by atoms with Gasteiger partial charge in [0.2, 0.25) is 0 Å². The first-order chi connectivity index (χ1) is 7.97. The molecule has 0 heterocycles. The van der Waals surface area contributed by atoms with Crippen molar-refractivity contribution in [2.75, 3.05) is 6.54 Å². The highest BCUT2D eigenvalue weighted by atomic mass is 16.3. The van der Waals surface area contributed by atoms with Crippen LogP contribution in [0.5, 0.6) is 0 Å². The van der Waals surface area contributed by atoms with E-state index in [1.54, 1.807) is 0 Å².